The quantitative estimate of drug-likeness (QED) is 0.574. The number of carbonyl (C=O) groups is 1. The van der Waals surface area contributed by atoms with Crippen molar-refractivity contribution < 1.29 is 9.90 Å². The second-order valence-electron chi connectivity index (χ2n) is 8.86. The molecule has 3 heterocycles. The highest BCUT2D eigenvalue weighted by atomic mass is 16.3. The van der Waals surface area contributed by atoms with E-state index < -0.39 is 6.10 Å². The summed E-state index contributed by atoms with van der Waals surface area (Å²) in [6.45, 7) is 6.85. The van der Waals surface area contributed by atoms with E-state index >= 15 is 0 Å². The summed E-state index contributed by atoms with van der Waals surface area (Å²) in [6.07, 6.45) is 4.03. The Morgan fingerprint density at radius 1 is 1.19 bits per heavy atom. The van der Waals surface area contributed by atoms with Crippen molar-refractivity contribution in [2.75, 3.05) is 38.0 Å². The molecule has 0 bridgehead atoms. The van der Waals surface area contributed by atoms with Crippen LogP contribution in [0.2, 0.25) is 0 Å². The van der Waals surface area contributed by atoms with Gasteiger partial charge in [-0.1, -0.05) is 24.3 Å². The van der Waals surface area contributed by atoms with Crippen molar-refractivity contribution >= 4 is 11.7 Å². The van der Waals surface area contributed by atoms with Crippen LogP contribution in [0.5, 0.6) is 0 Å². The summed E-state index contributed by atoms with van der Waals surface area (Å²) in [4.78, 5) is 24.4. The first-order chi connectivity index (χ1) is 15.6. The molecule has 0 spiro atoms. The largest absolute Gasteiger partial charge is 0.390 e. The third kappa shape index (κ3) is 6.25. The molecule has 8 heteroatoms. The summed E-state index contributed by atoms with van der Waals surface area (Å²) in [5.74, 6) is 0.955. The zero-order valence-corrected chi connectivity index (χ0v) is 18.8. The van der Waals surface area contributed by atoms with Gasteiger partial charge in [0.05, 0.1) is 11.8 Å². The van der Waals surface area contributed by atoms with Crippen LogP contribution in [-0.4, -0.2) is 75.7 Å². The molecule has 172 valence electrons. The lowest BCUT2D eigenvalue weighted by Gasteiger charge is -2.32. The molecular weight excluding hydrogens is 404 g/mol. The van der Waals surface area contributed by atoms with E-state index in [4.69, 9.17) is 0 Å². The monoisotopic (exact) mass is 438 g/mol. The van der Waals surface area contributed by atoms with Crippen molar-refractivity contribution in [1.29, 1.82) is 0 Å². The van der Waals surface area contributed by atoms with Gasteiger partial charge in [-0.3, -0.25) is 9.69 Å². The molecule has 1 aromatic heterocycles. The lowest BCUT2D eigenvalue weighted by molar-refractivity contribution is -0.129. The molecule has 1 saturated heterocycles. The van der Waals surface area contributed by atoms with Crippen LogP contribution in [0.1, 0.15) is 36.6 Å². The number of rotatable bonds is 8. The SMILES string of the molecule is CC(=O)N1CCC(Nc2cc(CNCC(O)CN3CCc4ccccc4C3)ncn2)CC1. The number of aliphatic hydroxyl groups excluding tert-OH is 1. The number of nitrogens with zero attached hydrogens (tertiary/aromatic N) is 4. The fourth-order valence-corrected chi connectivity index (χ4v) is 4.56. The van der Waals surface area contributed by atoms with Gasteiger partial charge in [0.15, 0.2) is 0 Å². The highest BCUT2D eigenvalue weighted by Gasteiger charge is 2.21. The topological polar surface area (TPSA) is 93.6 Å². The molecule has 32 heavy (non-hydrogen) atoms. The number of hydrogen-bond acceptors (Lipinski definition) is 7. The third-order valence-electron chi connectivity index (χ3n) is 6.38. The van der Waals surface area contributed by atoms with Crippen LogP contribution < -0.4 is 10.6 Å². The summed E-state index contributed by atoms with van der Waals surface area (Å²) >= 11 is 0. The second-order valence-corrected chi connectivity index (χ2v) is 8.86. The number of β-amino-alcohol motifs (C(OH)–C–C–N with tert-alkyl or cyclic N) is 1. The lowest BCUT2D eigenvalue weighted by Crippen LogP contribution is -2.41. The van der Waals surface area contributed by atoms with Gasteiger partial charge in [0.25, 0.3) is 0 Å². The van der Waals surface area contributed by atoms with Crippen LogP contribution in [0.25, 0.3) is 0 Å². The normalized spacial score (nSPS) is 18.2. The van der Waals surface area contributed by atoms with Gasteiger partial charge in [-0.15, -0.1) is 0 Å². The first kappa shape index (κ1) is 22.6. The smallest absolute Gasteiger partial charge is 0.219 e. The van der Waals surface area contributed by atoms with Gasteiger partial charge in [-0.25, -0.2) is 9.97 Å². The zero-order valence-electron chi connectivity index (χ0n) is 18.8. The minimum Gasteiger partial charge on any atom is -0.390 e. The highest BCUT2D eigenvalue weighted by molar-refractivity contribution is 5.73. The lowest BCUT2D eigenvalue weighted by atomic mass is 10.00. The van der Waals surface area contributed by atoms with E-state index in [-0.39, 0.29) is 5.91 Å². The van der Waals surface area contributed by atoms with Crippen molar-refractivity contribution in [3.8, 4) is 0 Å². The maximum absolute atomic E-state index is 11.5. The highest BCUT2D eigenvalue weighted by Crippen LogP contribution is 2.18. The van der Waals surface area contributed by atoms with Crippen molar-refractivity contribution in [3.05, 3.63) is 53.5 Å². The summed E-state index contributed by atoms with van der Waals surface area (Å²) in [7, 11) is 0. The number of fused-ring (bicyclic) bond motifs is 1. The fraction of sp³-hybridized carbons (Fsp3) is 0.542. The first-order valence-electron chi connectivity index (χ1n) is 11.6. The Hall–Kier alpha value is -2.55. The van der Waals surface area contributed by atoms with Gasteiger partial charge in [-0.2, -0.15) is 0 Å². The number of nitrogens with one attached hydrogen (secondary N) is 2. The second kappa shape index (κ2) is 10.8. The van der Waals surface area contributed by atoms with E-state index in [1.54, 1.807) is 13.3 Å². The van der Waals surface area contributed by atoms with Gasteiger partial charge in [0.1, 0.15) is 12.1 Å². The molecule has 1 fully saturated rings. The summed E-state index contributed by atoms with van der Waals surface area (Å²) in [5, 5.41) is 17.3. The van der Waals surface area contributed by atoms with E-state index in [1.165, 1.54) is 11.1 Å². The molecule has 8 nitrogen and oxygen atoms in total. The van der Waals surface area contributed by atoms with E-state index in [9.17, 15) is 9.90 Å². The van der Waals surface area contributed by atoms with E-state index in [0.29, 0.717) is 25.7 Å². The molecule has 2 aliphatic rings. The molecule has 0 radical (unpaired) electrons. The summed E-state index contributed by atoms with van der Waals surface area (Å²) < 4.78 is 0. The molecule has 1 aromatic carbocycles. The number of amides is 1. The predicted octanol–water partition coefficient (Wildman–Crippen LogP) is 1.41. The summed E-state index contributed by atoms with van der Waals surface area (Å²) in [6, 6.07) is 10.8. The fourth-order valence-electron chi connectivity index (χ4n) is 4.56. The van der Waals surface area contributed by atoms with Crippen molar-refractivity contribution in [2.24, 2.45) is 0 Å². The molecule has 1 unspecified atom stereocenters. The van der Waals surface area contributed by atoms with Gasteiger partial charge in [0.2, 0.25) is 5.91 Å². The van der Waals surface area contributed by atoms with Crippen molar-refractivity contribution in [2.45, 2.75) is 51.4 Å². The Balaban J connectivity index is 1.18. The molecule has 0 saturated carbocycles. The van der Waals surface area contributed by atoms with Crippen molar-refractivity contribution in [3.63, 3.8) is 0 Å². The molecule has 1 amide bonds. The van der Waals surface area contributed by atoms with Crippen LogP contribution in [-0.2, 0) is 24.3 Å². The number of benzene rings is 1. The average molecular weight is 439 g/mol. The van der Waals surface area contributed by atoms with Gasteiger partial charge in [-0.05, 0) is 30.4 Å². The number of aliphatic hydroxyl groups is 1. The number of piperidine rings is 1. The van der Waals surface area contributed by atoms with Gasteiger partial charge >= 0.3 is 0 Å². The minimum absolute atomic E-state index is 0.145. The Morgan fingerprint density at radius 2 is 1.97 bits per heavy atom. The van der Waals surface area contributed by atoms with Gasteiger partial charge in [0, 0.05) is 64.8 Å². The first-order valence-corrected chi connectivity index (χ1v) is 11.6. The van der Waals surface area contributed by atoms with Crippen LogP contribution in [0, 0.1) is 0 Å². The molecule has 4 rings (SSSR count). The summed E-state index contributed by atoms with van der Waals surface area (Å²) in [5.41, 5.74) is 3.68. The number of carbonyl (C=O) groups excluding carboxylic acids is 1. The predicted molar refractivity (Wildman–Crippen MR) is 124 cm³/mol. The van der Waals surface area contributed by atoms with Crippen LogP contribution in [0.15, 0.2) is 36.7 Å². The minimum atomic E-state index is -0.425. The third-order valence-corrected chi connectivity index (χ3v) is 6.38. The number of likely N-dealkylation sites (tertiary alicyclic amines) is 1. The van der Waals surface area contributed by atoms with Crippen LogP contribution >= 0.6 is 0 Å². The zero-order chi connectivity index (χ0) is 22.3. The molecule has 2 aliphatic heterocycles. The van der Waals surface area contributed by atoms with Crippen LogP contribution in [0.4, 0.5) is 5.82 Å². The molecular formula is C24H34N6O2. The van der Waals surface area contributed by atoms with E-state index in [1.807, 2.05) is 11.0 Å². The average Bonchev–Trinajstić information content (AvgIpc) is 2.79. The molecule has 2 aromatic rings. The molecule has 1 atom stereocenters. The number of hydrogen-bond donors (Lipinski definition) is 3. The Bertz CT molecular complexity index is 900. The Kier molecular flexibility index (Phi) is 7.68. The maximum atomic E-state index is 11.5. The molecule has 3 N–H and O–H groups in total. The Morgan fingerprint density at radius 3 is 2.75 bits per heavy atom. The molecule has 0 aliphatic carbocycles. The number of anilines is 1. The van der Waals surface area contributed by atoms with Crippen LogP contribution in [0.3, 0.4) is 0 Å². The standard InChI is InChI=1S/C24H34N6O2/c1-18(31)30-10-7-21(8-11-30)28-24-12-22(26-17-27-24)13-25-14-23(32)16-29-9-6-19-4-2-3-5-20(19)15-29/h2-5,12,17,21,23,25,32H,6-11,13-16H2,1H3,(H,26,27,28). The maximum Gasteiger partial charge on any atom is 0.219 e. The Labute approximate surface area is 190 Å². The van der Waals surface area contributed by atoms with E-state index in [0.717, 1.165) is 57.0 Å². The number of aromatic nitrogens is 2. The van der Waals surface area contributed by atoms with Gasteiger partial charge < -0.3 is 20.6 Å². The van der Waals surface area contributed by atoms with Crippen molar-refractivity contribution in [1.82, 2.24) is 25.1 Å². The van der Waals surface area contributed by atoms with E-state index in [2.05, 4.69) is 49.8 Å².